The molecule has 2 aromatic rings. The maximum absolute atomic E-state index is 5.52. The van der Waals surface area contributed by atoms with Crippen molar-refractivity contribution in [1.82, 2.24) is 20.2 Å². The SMILES string of the molecule is Cc1noc(C)c1Cn1nnc(CCN)c1C. The first-order valence-corrected chi connectivity index (χ1v) is 5.64. The number of nitrogens with two attached hydrogens (primary N) is 1. The molecular weight excluding hydrogens is 218 g/mol. The minimum absolute atomic E-state index is 0.588. The standard InChI is InChI=1S/C11H17N5O/c1-7-10(9(3)17-14-7)6-16-8(2)11(4-5-12)13-15-16/h4-6,12H2,1-3H3. The molecule has 0 aliphatic carbocycles. The molecule has 0 spiro atoms. The van der Waals surface area contributed by atoms with Gasteiger partial charge in [0, 0.05) is 12.0 Å². The first-order chi connectivity index (χ1) is 8.13. The van der Waals surface area contributed by atoms with Crippen molar-refractivity contribution in [3.63, 3.8) is 0 Å². The third-order valence-electron chi connectivity index (χ3n) is 2.95. The Labute approximate surface area is 99.8 Å². The molecule has 0 atom stereocenters. The Morgan fingerprint density at radius 1 is 1.29 bits per heavy atom. The van der Waals surface area contributed by atoms with Crippen molar-refractivity contribution in [2.45, 2.75) is 33.7 Å². The molecule has 0 radical (unpaired) electrons. The van der Waals surface area contributed by atoms with Crippen LogP contribution in [0.2, 0.25) is 0 Å². The molecule has 17 heavy (non-hydrogen) atoms. The van der Waals surface area contributed by atoms with Crippen molar-refractivity contribution in [2.75, 3.05) is 6.54 Å². The fourth-order valence-corrected chi connectivity index (χ4v) is 1.79. The molecule has 0 aromatic carbocycles. The van der Waals surface area contributed by atoms with E-state index in [1.54, 1.807) is 0 Å². The van der Waals surface area contributed by atoms with Gasteiger partial charge in [0.2, 0.25) is 0 Å². The van der Waals surface area contributed by atoms with Gasteiger partial charge in [0.25, 0.3) is 0 Å². The van der Waals surface area contributed by atoms with Gasteiger partial charge in [-0.3, -0.25) is 0 Å². The molecule has 2 rings (SSSR count). The zero-order valence-electron chi connectivity index (χ0n) is 10.4. The summed E-state index contributed by atoms with van der Waals surface area (Å²) in [6, 6.07) is 0. The largest absolute Gasteiger partial charge is 0.361 e. The third kappa shape index (κ3) is 2.21. The van der Waals surface area contributed by atoms with Crippen molar-refractivity contribution in [3.8, 4) is 0 Å². The van der Waals surface area contributed by atoms with Gasteiger partial charge in [0.15, 0.2) is 0 Å². The number of aromatic nitrogens is 4. The van der Waals surface area contributed by atoms with Gasteiger partial charge in [-0.2, -0.15) is 0 Å². The van der Waals surface area contributed by atoms with Crippen molar-refractivity contribution in [1.29, 1.82) is 0 Å². The highest BCUT2D eigenvalue weighted by atomic mass is 16.5. The highest BCUT2D eigenvalue weighted by Crippen LogP contribution is 2.15. The number of aryl methyl sites for hydroxylation is 2. The third-order valence-corrected chi connectivity index (χ3v) is 2.95. The molecular formula is C11H17N5O. The second kappa shape index (κ2) is 4.67. The molecule has 6 heteroatoms. The number of rotatable bonds is 4. The van der Waals surface area contributed by atoms with Gasteiger partial charge in [-0.05, 0) is 27.3 Å². The minimum Gasteiger partial charge on any atom is -0.361 e. The first kappa shape index (κ1) is 11.8. The Morgan fingerprint density at radius 3 is 2.65 bits per heavy atom. The van der Waals surface area contributed by atoms with Gasteiger partial charge in [-0.15, -0.1) is 5.10 Å². The van der Waals surface area contributed by atoms with Gasteiger partial charge in [-0.25, -0.2) is 4.68 Å². The molecule has 0 fully saturated rings. The van der Waals surface area contributed by atoms with Crippen molar-refractivity contribution < 1.29 is 4.52 Å². The smallest absolute Gasteiger partial charge is 0.138 e. The van der Waals surface area contributed by atoms with Gasteiger partial charge < -0.3 is 10.3 Å². The topological polar surface area (TPSA) is 82.8 Å². The van der Waals surface area contributed by atoms with E-state index in [9.17, 15) is 0 Å². The van der Waals surface area contributed by atoms with E-state index in [1.165, 1.54) is 0 Å². The molecule has 0 saturated heterocycles. The normalized spacial score (nSPS) is 11.1. The molecule has 0 unspecified atom stereocenters. The quantitative estimate of drug-likeness (QED) is 0.845. The first-order valence-electron chi connectivity index (χ1n) is 5.64. The van der Waals surface area contributed by atoms with Crippen LogP contribution in [-0.4, -0.2) is 26.7 Å². The van der Waals surface area contributed by atoms with E-state index in [0.717, 1.165) is 34.8 Å². The van der Waals surface area contributed by atoms with Crippen molar-refractivity contribution >= 4 is 0 Å². The summed E-state index contributed by atoms with van der Waals surface area (Å²) in [5.41, 5.74) is 9.50. The lowest BCUT2D eigenvalue weighted by Crippen LogP contribution is -2.07. The van der Waals surface area contributed by atoms with Crippen LogP contribution in [0.3, 0.4) is 0 Å². The van der Waals surface area contributed by atoms with E-state index in [2.05, 4.69) is 15.5 Å². The Kier molecular flexibility index (Phi) is 3.23. The molecule has 2 N–H and O–H groups in total. The molecule has 2 aromatic heterocycles. The van der Waals surface area contributed by atoms with E-state index < -0.39 is 0 Å². The lowest BCUT2D eigenvalue weighted by molar-refractivity contribution is 0.391. The minimum atomic E-state index is 0.588. The zero-order valence-corrected chi connectivity index (χ0v) is 10.4. The summed E-state index contributed by atoms with van der Waals surface area (Å²) in [6.07, 6.45) is 0.757. The summed E-state index contributed by atoms with van der Waals surface area (Å²) in [4.78, 5) is 0. The fourth-order valence-electron chi connectivity index (χ4n) is 1.79. The molecule has 0 saturated carbocycles. The number of hydrogen-bond acceptors (Lipinski definition) is 5. The van der Waals surface area contributed by atoms with E-state index in [4.69, 9.17) is 10.3 Å². The lowest BCUT2D eigenvalue weighted by Gasteiger charge is -2.03. The van der Waals surface area contributed by atoms with Crippen LogP contribution >= 0.6 is 0 Å². The van der Waals surface area contributed by atoms with Crippen LogP contribution in [0.25, 0.3) is 0 Å². The van der Waals surface area contributed by atoms with Gasteiger partial charge in [-0.1, -0.05) is 10.4 Å². The summed E-state index contributed by atoms with van der Waals surface area (Å²) in [5, 5.41) is 12.2. The summed E-state index contributed by atoms with van der Waals surface area (Å²) in [5.74, 6) is 0.831. The summed E-state index contributed by atoms with van der Waals surface area (Å²) in [6.45, 7) is 7.07. The molecule has 6 nitrogen and oxygen atoms in total. The predicted molar refractivity (Wildman–Crippen MR) is 62.6 cm³/mol. The Morgan fingerprint density at radius 2 is 2.06 bits per heavy atom. The number of nitrogens with zero attached hydrogens (tertiary/aromatic N) is 4. The molecule has 2 heterocycles. The van der Waals surface area contributed by atoms with E-state index in [-0.39, 0.29) is 0 Å². The fraction of sp³-hybridized carbons (Fsp3) is 0.545. The predicted octanol–water partition coefficient (Wildman–Crippen LogP) is 0.741. The van der Waals surface area contributed by atoms with Crippen LogP contribution in [0.4, 0.5) is 0 Å². The van der Waals surface area contributed by atoms with Crippen LogP contribution in [0.5, 0.6) is 0 Å². The second-order valence-corrected chi connectivity index (χ2v) is 4.12. The van der Waals surface area contributed by atoms with Crippen LogP contribution in [0, 0.1) is 20.8 Å². The Bertz CT molecular complexity index is 494. The molecule has 92 valence electrons. The second-order valence-electron chi connectivity index (χ2n) is 4.12. The van der Waals surface area contributed by atoms with E-state index >= 15 is 0 Å². The number of hydrogen-bond donors (Lipinski definition) is 1. The van der Waals surface area contributed by atoms with Gasteiger partial charge in [0.1, 0.15) is 5.76 Å². The van der Waals surface area contributed by atoms with Crippen LogP contribution in [-0.2, 0) is 13.0 Å². The lowest BCUT2D eigenvalue weighted by atomic mass is 10.2. The average Bonchev–Trinajstić information content (AvgIpc) is 2.80. The highest BCUT2D eigenvalue weighted by molar-refractivity contribution is 5.22. The average molecular weight is 235 g/mol. The highest BCUT2D eigenvalue weighted by Gasteiger charge is 2.13. The Hall–Kier alpha value is -1.69. The van der Waals surface area contributed by atoms with Crippen molar-refractivity contribution in [2.24, 2.45) is 5.73 Å². The monoisotopic (exact) mass is 235 g/mol. The molecule has 0 aliphatic heterocycles. The van der Waals surface area contributed by atoms with Crippen LogP contribution < -0.4 is 5.73 Å². The van der Waals surface area contributed by atoms with Crippen LogP contribution in [0.1, 0.15) is 28.4 Å². The molecule has 0 amide bonds. The molecule has 0 aliphatic rings. The van der Waals surface area contributed by atoms with Gasteiger partial charge >= 0.3 is 0 Å². The van der Waals surface area contributed by atoms with E-state index in [1.807, 2.05) is 25.5 Å². The van der Waals surface area contributed by atoms with E-state index in [0.29, 0.717) is 13.1 Å². The maximum atomic E-state index is 5.52. The molecule has 0 bridgehead atoms. The Balaban J connectivity index is 2.25. The van der Waals surface area contributed by atoms with Crippen molar-refractivity contribution in [3.05, 3.63) is 28.4 Å². The zero-order chi connectivity index (χ0) is 12.4. The van der Waals surface area contributed by atoms with Crippen LogP contribution in [0.15, 0.2) is 4.52 Å². The maximum Gasteiger partial charge on any atom is 0.138 e. The summed E-state index contributed by atoms with van der Waals surface area (Å²) >= 11 is 0. The summed E-state index contributed by atoms with van der Waals surface area (Å²) in [7, 11) is 0. The van der Waals surface area contributed by atoms with Gasteiger partial charge in [0.05, 0.1) is 23.6 Å². The summed E-state index contributed by atoms with van der Waals surface area (Å²) < 4.78 is 6.99.